The van der Waals surface area contributed by atoms with Gasteiger partial charge in [-0.3, -0.25) is 4.79 Å². The highest BCUT2D eigenvalue weighted by Gasteiger charge is 2.08. The van der Waals surface area contributed by atoms with E-state index in [1.165, 1.54) is 10.9 Å². The molecule has 0 saturated heterocycles. The van der Waals surface area contributed by atoms with Crippen molar-refractivity contribution in [1.29, 1.82) is 0 Å². The van der Waals surface area contributed by atoms with Crippen molar-refractivity contribution >= 4 is 12.0 Å². The predicted octanol–water partition coefficient (Wildman–Crippen LogP) is -0.413. The maximum Gasteiger partial charge on any atom is 0.325 e. The molecule has 0 aromatic carbocycles. The van der Waals surface area contributed by atoms with Crippen molar-refractivity contribution in [2.24, 2.45) is 0 Å². The molecule has 9 heteroatoms. The number of hydrogen-bond acceptors (Lipinski definition) is 5. The van der Waals surface area contributed by atoms with Crippen molar-refractivity contribution in [1.82, 2.24) is 25.6 Å². The Kier molecular flexibility index (Phi) is 6.44. The Morgan fingerprint density at radius 3 is 2.95 bits per heavy atom. The van der Waals surface area contributed by atoms with Crippen molar-refractivity contribution in [2.75, 3.05) is 13.7 Å². The molecule has 0 bridgehead atoms. The van der Waals surface area contributed by atoms with Gasteiger partial charge in [-0.05, 0) is 13.3 Å². The highest BCUT2D eigenvalue weighted by Crippen LogP contribution is 1.94. The lowest BCUT2D eigenvalue weighted by molar-refractivity contribution is -0.137. The number of urea groups is 1. The second-order valence-electron chi connectivity index (χ2n) is 4.31. The molecular formula is C11H19N5O4. The van der Waals surface area contributed by atoms with Crippen molar-refractivity contribution in [3.05, 3.63) is 11.9 Å². The zero-order valence-electron chi connectivity index (χ0n) is 11.5. The van der Waals surface area contributed by atoms with Crippen LogP contribution in [0.2, 0.25) is 0 Å². The SMILES string of the molecule is COCCC(C)NC(=O)NCc1cn(CC(=O)O)nn1. The van der Waals surface area contributed by atoms with E-state index < -0.39 is 5.97 Å². The third-order valence-corrected chi connectivity index (χ3v) is 2.45. The van der Waals surface area contributed by atoms with Crippen LogP contribution >= 0.6 is 0 Å². The molecular weight excluding hydrogens is 266 g/mol. The number of rotatable bonds is 8. The van der Waals surface area contributed by atoms with Gasteiger partial charge in [0, 0.05) is 19.8 Å². The summed E-state index contributed by atoms with van der Waals surface area (Å²) in [5.41, 5.74) is 0.492. The Morgan fingerprint density at radius 1 is 1.55 bits per heavy atom. The van der Waals surface area contributed by atoms with Crippen molar-refractivity contribution in [3.63, 3.8) is 0 Å². The minimum Gasteiger partial charge on any atom is -0.480 e. The molecule has 3 N–H and O–H groups in total. The Balaban J connectivity index is 2.30. The first-order chi connectivity index (χ1) is 9.51. The number of carbonyl (C=O) groups is 2. The summed E-state index contributed by atoms with van der Waals surface area (Å²) >= 11 is 0. The monoisotopic (exact) mass is 285 g/mol. The first-order valence-corrected chi connectivity index (χ1v) is 6.15. The fourth-order valence-corrected chi connectivity index (χ4v) is 1.45. The molecule has 1 heterocycles. The maximum absolute atomic E-state index is 11.6. The van der Waals surface area contributed by atoms with Crippen LogP contribution in [0.5, 0.6) is 0 Å². The Labute approximate surface area is 116 Å². The lowest BCUT2D eigenvalue weighted by Gasteiger charge is -2.13. The molecule has 1 unspecified atom stereocenters. The quantitative estimate of drug-likeness (QED) is 0.597. The first kappa shape index (κ1) is 15.9. The topological polar surface area (TPSA) is 118 Å². The molecule has 20 heavy (non-hydrogen) atoms. The molecule has 0 fully saturated rings. The molecule has 1 rings (SSSR count). The molecule has 0 aliphatic rings. The summed E-state index contributed by atoms with van der Waals surface area (Å²) in [6.07, 6.45) is 2.20. The number of carbonyl (C=O) groups excluding carboxylic acids is 1. The van der Waals surface area contributed by atoms with Crippen LogP contribution in [0.25, 0.3) is 0 Å². The summed E-state index contributed by atoms with van der Waals surface area (Å²) in [4.78, 5) is 22.0. The molecule has 0 spiro atoms. The van der Waals surface area contributed by atoms with Crippen molar-refractivity contribution in [2.45, 2.75) is 32.5 Å². The number of aliphatic carboxylic acids is 1. The number of nitrogens with zero attached hydrogens (tertiary/aromatic N) is 3. The largest absolute Gasteiger partial charge is 0.480 e. The van der Waals surface area contributed by atoms with Gasteiger partial charge in [0.25, 0.3) is 0 Å². The number of carboxylic acids is 1. The predicted molar refractivity (Wildman–Crippen MR) is 69.0 cm³/mol. The summed E-state index contributed by atoms with van der Waals surface area (Å²) in [6, 6.07) is -0.320. The van der Waals surface area contributed by atoms with Crippen molar-refractivity contribution < 1.29 is 19.4 Å². The van der Waals surface area contributed by atoms with E-state index in [1.54, 1.807) is 7.11 Å². The summed E-state index contributed by atoms with van der Waals surface area (Å²) in [5.74, 6) is -1.00. The molecule has 0 aliphatic heterocycles. The lowest BCUT2D eigenvalue weighted by atomic mass is 10.2. The van der Waals surface area contributed by atoms with E-state index in [0.29, 0.717) is 12.3 Å². The van der Waals surface area contributed by atoms with Crippen LogP contribution in [0.1, 0.15) is 19.0 Å². The van der Waals surface area contributed by atoms with E-state index in [2.05, 4.69) is 20.9 Å². The van der Waals surface area contributed by atoms with Gasteiger partial charge in [-0.25, -0.2) is 9.48 Å². The smallest absolute Gasteiger partial charge is 0.325 e. The number of hydrogen-bond donors (Lipinski definition) is 3. The molecule has 112 valence electrons. The van der Waals surface area contributed by atoms with Crippen LogP contribution in [0, 0.1) is 0 Å². The molecule has 0 radical (unpaired) electrons. The van der Waals surface area contributed by atoms with E-state index in [4.69, 9.17) is 9.84 Å². The standard InChI is InChI=1S/C11H19N5O4/c1-8(3-4-20-2)13-11(19)12-5-9-6-16(15-14-9)7-10(17)18/h6,8H,3-5,7H2,1-2H3,(H,17,18)(H2,12,13,19). The van der Waals surface area contributed by atoms with Gasteiger partial charge < -0.3 is 20.5 Å². The van der Waals surface area contributed by atoms with E-state index in [9.17, 15) is 9.59 Å². The molecule has 1 aromatic heterocycles. The number of aromatic nitrogens is 3. The zero-order valence-corrected chi connectivity index (χ0v) is 11.5. The second kappa shape index (κ2) is 8.10. The van der Waals surface area contributed by atoms with E-state index in [0.717, 1.165) is 6.42 Å². The molecule has 0 saturated carbocycles. The number of methoxy groups -OCH3 is 1. The highest BCUT2D eigenvalue weighted by molar-refractivity contribution is 5.74. The van der Waals surface area contributed by atoms with E-state index in [1.807, 2.05) is 6.92 Å². The summed E-state index contributed by atoms with van der Waals surface area (Å²) < 4.78 is 6.11. The first-order valence-electron chi connectivity index (χ1n) is 6.15. The van der Waals surface area contributed by atoms with Gasteiger partial charge in [0.05, 0.1) is 12.7 Å². The third-order valence-electron chi connectivity index (χ3n) is 2.45. The van der Waals surface area contributed by atoms with Crippen LogP contribution in [-0.4, -0.2) is 51.9 Å². The van der Waals surface area contributed by atoms with E-state index >= 15 is 0 Å². The summed E-state index contributed by atoms with van der Waals surface area (Å²) in [6.45, 7) is 2.38. The van der Waals surface area contributed by atoms with Crippen LogP contribution < -0.4 is 10.6 Å². The fraction of sp³-hybridized carbons (Fsp3) is 0.636. The Hall–Kier alpha value is -2.16. The lowest BCUT2D eigenvalue weighted by Crippen LogP contribution is -2.40. The average molecular weight is 285 g/mol. The molecule has 2 amide bonds. The van der Waals surface area contributed by atoms with Crippen LogP contribution in [0.4, 0.5) is 4.79 Å². The van der Waals surface area contributed by atoms with Gasteiger partial charge in [-0.2, -0.15) is 0 Å². The van der Waals surface area contributed by atoms with Gasteiger partial charge in [-0.1, -0.05) is 5.21 Å². The number of carboxylic acid groups (broad SMARTS) is 1. The number of ether oxygens (including phenoxy) is 1. The van der Waals surface area contributed by atoms with Gasteiger partial charge >= 0.3 is 12.0 Å². The Morgan fingerprint density at radius 2 is 2.30 bits per heavy atom. The fourth-order valence-electron chi connectivity index (χ4n) is 1.45. The molecule has 1 aromatic rings. The summed E-state index contributed by atoms with van der Waals surface area (Å²) in [5, 5.41) is 21.3. The highest BCUT2D eigenvalue weighted by atomic mass is 16.5. The molecule has 9 nitrogen and oxygen atoms in total. The molecule has 0 aliphatic carbocycles. The van der Waals surface area contributed by atoms with Crippen LogP contribution in [0.3, 0.4) is 0 Å². The van der Waals surface area contributed by atoms with Crippen LogP contribution in [-0.2, 0) is 22.6 Å². The summed E-state index contributed by atoms with van der Waals surface area (Å²) in [7, 11) is 1.60. The minimum absolute atomic E-state index is 0.00218. The van der Waals surface area contributed by atoms with Gasteiger partial charge in [0.2, 0.25) is 0 Å². The Bertz CT molecular complexity index is 448. The normalized spacial score (nSPS) is 11.9. The molecule has 1 atom stereocenters. The minimum atomic E-state index is -1.00. The maximum atomic E-state index is 11.6. The van der Waals surface area contributed by atoms with E-state index in [-0.39, 0.29) is 25.2 Å². The third kappa shape index (κ3) is 6.14. The number of amides is 2. The van der Waals surface area contributed by atoms with Gasteiger partial charge in [0.1, 0.15) is 12.2 Å². The van der Waals surface area contributed by atoms with Crippen LogP contribution in [0.15, 0.2) is 6.20 Å². The second-order valence-corrected chi connectivity index (χ2v) is 4.31. The number of nitrogens with one attached hydrogen (secondary N) is 2. The van der Waals surface area contributed by atoms with Gasteiger partial charge in [-0.15, -0.1) is 5.10 Å². The van der Waals surface area contributed by atoms with Gasteiger partial charge in [0.15, 0.2) is 0 Å². The average Bonchev–Trinajstić information content (AvgIpc) is 2.80. The van der Waals surface area contributed by atoms with Crippen molar-refractivity contribution in [3.8, 4) is 0 Å². The zero-order chi connectivity index (χ0) is 15.0.